The van der Waals surface area contributed by atoms with Gasteiger partial charge in [-0.2, -0.15) is 0 Å². The van der Waals surface area contributed by atoms with Gasteiger partial charge in [0.05, 0.1) is 15.9 Å². The van der Waals surface area contributed by atoms with Crippen molar-refractivity contribution in [2.75, 3.05) is 6.54 Å². The van der Waals surface area contributed by atoms with Gasteiger partial charge in [-0.15, -0.1) is 11.3 Å². The highest BCUT2D eigenvalue weighted by Gasteiger charge is 2.11. The van der Waals surface area contributed by atoms with Gasteiger partial charge in [0.1, 0.15) is 5.82 Å². The smallest absolute Gasteiger partial charge is 0.261 e. The van der Waals surface area contributed by atoms with Crippen molar-refractivity contribution in [1.29, 1.82) is 0 Å². The molecule has 1 amide bonds. The lowest BCUT2D eigenvalue weighted by atomic mass is 10.1. The van der Waals surface area contributed by atoms with E-state index in [9.17, 15) is 4.79 Å². The average Bonchev–Trinajstić information content (AvgIpc) is 3.33. The van der Waals surface area contributed by atoms with E-state index in [1.165, 1.54) is 55.4 Å². The van der Waals surface area contributed by atoms with E-state index < -0.39 is 0 Å². The summed E-state index contributed by atoms with van der Waals surface area (Å²) < 4.78 is 2.34. The zero-order valence-electron chi connectivity index (χ0n) is 16.1. The molecule has 3 rings (SSSR count). The Hall–Kier alpha value is -2.14. The Bertz CT molecular complexity index is 838. The van der Waals surface area contributed by atoms with Crippen LogP contribution in [0.4, 0.5) is 0 Å². The van der Waals surface area contributed by atoms with E-state index in [1.807, 2.05) is 23.6 Å². The van der Waals surface area contributed by atoms with Gasteiger partial charge in [0.25, 0.3) is 5.91 Å². The van der Waals surface area contributed by atoms with Crippen molar-refractivity contribution in [1.82, 2.24) is 14.9 Å². The number of thiophene rings is 1. The fraction of sp³-hybridized carbons (Fsp3) is 0.455. The number of carbonyl (C=O) groups is 1. The van der Waals surface area contributed by atoms with Gasteiger partial charge in [-0.1, -0.05) is 57.2 Å². The molecule has 1 aromatic carbocycles. The Morgan fingerprint density at radius 2 is 1.89 bits per heavy atom. The van der Waals surface area contributed by atoms with Crippen molar-refractivity contribution in [2.24, 2.45) is 0 Å². The number of imidazole rings is 1. The van der Waals surface area contributed by atoms with Crippen LogP contribution in [-0.2, 0) is 13.0 Å². The minimum Gasteiger partial charge on any atom is -0.351 e. The zero-order valence-corrected chi connectivity index (χ0v) is 16.9. The SMILES string of the molecule is CCCCCCCCn1c(CCNC(=O)c2cccs2)nc2ccccc21. The number of carbonyl (C=O) groups excluding carboxylic acids is 1. The van der Waals surface area contributed by atoms with Crippen LogP contribution in [0.2, 0.25) is 0 Å². The third-order valence-corrected chi connectivity index (χ3v) is 5.72. The molecule has 0 unspecified atom stereocenters. The zero-order chi connectivity index (χ0) is 18.9. The Labute approximate surface area is 165 Å². The van der Waals surface area contributed by atoms with E-state index in [4.69, 9.17) is 4.98 Å². The lowest BCUT2D eigenvalue weighted by Crippen LogP contribution is -2.25. The number of unbranched alkanes of at least 4 members (excludes halogenated alkanes) is 5. The molecule has 0 spiro atoms. The van der Waals surface area contributed by atoms with Gasteiger partial charge < -0.3 is 9.88 Å². The molecule has 27 heavy (non-hydrogen) atoms. The third kappa shape index (κ3) is 5.42. The van der Waals surface area contributed by atoms with Gasteiger partial charge in [0, 0.05) is 19.5 Å². The highest BCUT2D eigenvalue weighted by molar-refractivity contribution is 7.12. The first-order chi connectivity index (χ1) is 13.3. The lowest BCUT2D eigenvalue weighted by Gasteiger charge is -2.10. The summed E-state index contributed by atoms with van der Waals surface area (Å²) in [5.74, 6) is 1.07. The van der Waals surface area contributed by atoms with E-state index in [-0.39, 0.29) is 5.91 Å². The quantitative estimate of drug-likeness (QED) is 0.449. The molecule has 0 aliphatic rings. The van der Waals surface area contributed by atoms with Crippen LogP contribution in [0.5, 0.6) is 0 Å². The molecule has 0 aliphatic heterocycles. The summed E-state index contributed by atoms with van der Waals surface area (Å²) in [5, 5.41) is 4.94. The molecule has 0 aliphatic carbocycles. The minimum atomic E-state index is 0.00332. The van der Waals surface area contributed by atoms with Crippen LogP contribution < -0.4 is 5.32 Å². The number of hydrogen-bond donors (Lipinski definition) is 1. The summed E-state index contributed by atoms with van der Waals surface area (Å²) in [5.41, 5.74) is 2.24. The molecule has 0 saturated carbocycles. The molecule has 0 bridgehead atoms. The molecule has 3 aromatic rings. The van der Waals surface area contributed by atoms with Crippen molar-refractivity contribution < 1.29 is 4.79 Å². The largest absolute Gasteiger partial charge is 0.351 e. The maximum absolute atomic E-state index is 12.1. The van der Waals surface area contributed by atoms with Crippen molar-refractivity contribution in [3.05, 3.63) is 52.5 Å². The summed E-state index contributed by atoms with van der Waals surface area (Å²) >= 11 is 1.47. The first kappa shape index (κ1) is 19.6. The van der Waals surface area contributed by atoms with Gasteiger partial charge >= 0.3 is 0 Å². The molecule has 2 aromatic heterocycles. The third-order valence-electron chi connectivity index (χ3n) is 4.85. The summed E-state index contributed by atoms with van der Waals surface area (Å²) in [7, 11) is 0. The number of nitrogens with one attached hydrogen (secondary N) is 1. The number of fused-ring (bicyclic) bond motifs is 1. The Kier molecular flexibility index (Phi) is 7.45. The fourth-order valence-corrected chi connectivity index (χ4v) is 4.04. The van der Waals surface area contributed by atoms with Crippen molar-refractivity contribution >= 4 is 28.3 Å². The van der Waals surface area contributed by atoms with Crippen LogP contribution in [-0.4, -0.2) is 22.0 Å². The molecule has 2 heterocycles. The van der Waals surface area contributed by atoms with Crippen LogP contribution in [0.15, 0.2) is 41.8 Å². The summed E-state index contributed by atoms with van der Waals surface area (Å²) in [6.07, 6.45) is 8.47. The summed E-state index contributed by atoms with van der Waals surface area (Å²) in [6.45, 7) is 3.86. The summed E-state index contributed by atoms with van der Waals surface area (Å²) in [4.78, 5) is 17.7. The standard InChI is InChI=1S/C22H29N3OS/c1-2-3-4-5-6-9-16-25-19-12-8-7-11-18(19)24-21(25)14-15-23-22(26)20-13-10-17-27-20/h7-8,10-13,17H,2-6,9,14-16H2,1H3,(H,23,26). The Morgan fingerprint density at radius 1 is 1.07 bits per heavy atom. The number of rotatable bonds is 11. The lowest BCUT2D eigenvalue weighted by molar-refractivity contribution is 0.0958. The number of aryl methyl sites for hydroxylation is 1. The van der Waals surface area contributed by atoms with E-state index in [0.29, 0.717) is 6.54 Å². The molecule has 0 radical (unpaired) electrons. The topological polar surface area (TPSA) is 46.9 Å². The second-order valence-electron chi connectivity index (χ2n) is 6.92. The van der Waals surface area contributed by atoms with Crippen LogP contribution in [0.1, 0.15) is 60.9 Å². The minimum absolute atomic E-state index is 0.00332. The van der Waals surface area contributed by atoms with Gasteiger partial charge in [-0.05, 0) is 30.0 Å². The number of benzene rings is 1. The molecular weight excluding hydrogens is 354 g/mol. The van der Waals surface area contributed by atoms with E-state index in [0.717, 1.165) is 29.2 Å². The number of hydrogen-bond acceptors (Lipinski definition) is 3. The van der Waals surface area contributed by atoms with Crippen LogP contribution in [0, 0.1) is 0 Å². The Balaban J connectivity index is 1.59. The van der Waals surface area contributed by atoms with Crippen LogP contribution in [0.25, 0.3) is 11.0 Å². The molecule has 0 fully saturated rings. The molecule has 5 heteroatoms. The number of nitrogens with zero attached hydrogens (tertiary/aromatic N) is 2. The van der Waals surface area contributed by atoms with Gasteiger partial charge in [-0.3, -0.25) is 4.79 Å². The van der Waals surface area contributed by atoms with E-state index >= 15 is 0 Å². The normalized spacial score (nSPS) is 11.1. The Morgan fingerprint density at radius 3 is 2.70 bits per heavy atom. The number of aromatic nitrogens is 2. The summed E-state index contributed by atoms with van der Waals surface area (Å²) in [6, 6.07) is 12.1. The number of para-hydroxylation sites is 2. The predicted molar refractivity (Wildman–Crippen MR) is 113 cm³/mol. The van der Waals surface area contributed by atoms with Gasteiger partial charge in [0.2, 0.25) is 0 Å². The van der Waals surface area contributed by atoms with Crippen molar-refractivity contribution in [3.63, 3.8) is 0 Å². The van der Waals surface area contributed by atoms with Crippen LogP contribution in [0.3, 0.4) is 0 Å². The van der Waals surface area contributed by atoms with Gasteiger partial charge in [0.15, 0.2) is 0 Å². The monoisotopic (exact) mass is 383 g/mol. The second-order valence-corrected chi connectivity index (χ2v) is 7.87. The predicted octanol–water partition coefficient (Wildman–Crippen LogP) is 5.43. The second kappa shape index (κ2) is 10.3. The fourth-order valence-electron chi connectivity index (χ4n) is 3.40. The first-order valence-electron chi connectivity index (χ1n) is 10.1. The first-order valence-corrected chi connectivity index (χ1v) is 10.9. The van der Waals surface area contributed by atoms with Crippen molar-refractivity contribution in [2.45, 2.75) is 58.4 Å². The molecular formula is C22H29N3OS. The molecule has 1 N–H and O–H groups in total. The molecule has 0 saturated heterocycles. The van der Waals surface area contributed by atoms with E-state index in [2.05, 4.69) is 35.0 Å². The molecule has 4 nitrogen and oxygen atoms in total. The van der Waals surface area contributed by atoms with Gasteiger partial charge in [-0.25, -0.2) is 4.98 Å². The molecule has 0 atom stereocenters. The van der Waals surface area contributed by atoms with E-state index in [1.54, 1.807) is 0 Å². The highest BCUT2D eigenvalue weighted by Crippen LogP contribution is 2.18. The average molecular weight is 384 g/mol. The highest BCUT2D eigenvalue weighted by atomic mass is 32.1. The number of amides is 1. The molecule has 144 valence electrons. The van der Waals surface area contributed by atoms with Crippen molar-refractivity contribution in [3.8, 4) is 0 Å². The maximum atomic E-state index is 12.1. The van der Waals surface area contributed by atoms with Crippen LogP contribution >= 0.6 is 11.3 Å². The maximum Gasteiger partial charge on any atom is 0.261 e.